The molecule has 0 radical (unpaired) electrons. The highest BCUT2D eigenvalue weighted by atomic mass is 16.6. The zero-order valence-corrected chi connectivity index (χ0v) is 23.7. The monoisotopic (exact) mass is 555 g/mol. The minimum Gasteiger partial charge on any atom is -0.469 e. The second-order valence-electron chi connectivity index (χ2n) is 10.1. The first kappa shape index (κ1) is 29.4. The van der Waals surface area contributed by atoms with Crippen molar-refractivity contribution in [3.8, 4) is 11.1 Å². The van der Waals surface area contributed by atoms with Gasteiger partial charge in [0.25, 0.3) is 0 Å². The highest BCUT2D eigenvalue weighted by Crippen LogP contribution is 2.54. The maximum Gasteiger partial charge on any atom is 0.305 e. The van der Waals surface area contributed by atoms with E-state index < -0.39 is 5.41 Å². The number of carbonyl (C=O) groups is 4. The molecule has 0 fully saturated rings. The summed E-state index contributed by atoms with van der Waals surface area (Å²) in [6, 6.07) is 20.6. The molecule has 0 spiro atoms. The van der Waals surface area contributed by atoms with Crippen LogP contribution >= 0.6 is 0 Å². The zero-order chi connectivity index (χ0) is 29.6. The standard InChI is InChI=1S/C33H33NO7/c1-21-9-5-6-10-24(21)31(34-41-20-22(2)35)32(38)23-13-14-26-25-11-7-8-12-27(25)33(28(26)19-23,17-15-29(36)39-3)18-16-30(37)40-4/h5-14,19H,15-18,20H2,1-4H3/b34-31+. The summed E-state index contributed by atoms with van der Waals surface area (Å²) >= 11 is 0. The lowest BCUT2D eigenvalue weighted by Crippen LogP contribution is -2.28. The van der Waals surface area contributed by atoms with Crippen LogP contribution < -0.4 is 0 Å². The van der Waals surface area contributed by atoms with E-state index in [0.29, 0.717) is 24.0 Å². The Kier molecular flexibility index (Phi) is 9.12. The minimum absolute atomic E-state index is 0.0783. The summed E-state index contributed by atoms with van der Waals surface area (Å²) in [5, 5.41) is 4.11. The smallest absolute Gasteiger partial charge is 0.305 e. The third kappa shape index (κ3) is 6.11. The molecule has 0 amide bonds. The molecular weight excluding hydrogens is 522 g/mol. The second-order valence-corrected chi connectivity index (χ2v) is 10.1. The Morgan fingerprint density at radius 2 is 1.39 bits per heavy atom. The fourth-order valence-corrected chi connectivity index (χ4v) is 5.47. The van der Waals surface area contributed by atoms with Crippen LogP contribution in [0.3, 0.4) is 0 Å². The summed E-state index contributed by atoms with van der Waals surface area (Å²) in [7, 11) is 2.69. The molecule has 3 aromatic carbocycles. The van der Waals surface area contributed by atoms with Crippen molar-refractivity contribution in [3.05, 3.63) is 94.5 Å². The molecule has 0 saturated carbocycles. The Labute approximate surface area is 239 Å². The van der Waals surface area contributed by atoms with Crippen LogP contribution in [0.4, 0.5) is 0 Å². The maximum atomic E-state index is 14.0. The van der Waals surface area contributed by atoms with Gasteiger partial charge in [-0.05, 0) is 60.6 Å². The lowest BCUT2D eigenvalue weighted by molar-refractivity contribution is -0.141. The number of ether oxygens (including phenoxy) is 2. The van der Waals surface area contributed by atoms with E-state index in [2.05, 4.69) is 5.16 Å². The van der Waals surface area contributed by atoms with Gasteiger partial charge >= 0.3 is 11.9 Å². The van der Waals surface area contributed by atoms with Crippen LogP contribution in [-0.2, 0) is 34.1 Å². The maximum absolute atomic E-state index is 14.0. The van der Waals surface area contributed by atoms with Gasteiger partial charge in [-0.1, -0.05) is 65.8 Å². The van der Waals surface area contributed by atoms with Gasteiger partial charge in [-0.15, -0.1) is 0 Å². The molecule has 0 aromatic heterocycles. The van der Waals surface area contributed by atoms with Gasteiger partial charge in [0.2, 0.25) is 5.78 Å². The van der Waals surface area contributed by atoms with E-state index in [1.165, 1.54) is 21.1 Å². The summed E-state index contributed by atoms with van der Waals surface area (Å²) in [6.45, 7) is 2.99. The largest absolute Gasteiger partial charge is 0.469 e. The Morgan fingerprint density at radius 1 is 0.780 bits per heavy atom. The van der Waals surface area contributed by atoms with E-state index in [0.717, 1.165) is 27.8 Å². The highest BCUT2D eigenvalue weighted by Gasteiger charge is 2.44. The van der Waals surface area contributed by atoms with Crippen LogP contribution in [-0.4, -0.2) is 50.0 Å². The van der Waals surface area contributed by atoms with Crippen molar-refractivity contribution >= 4 is 29.2 Å². The van der Waals surface area contributed by atoms with Gasteiger partial charge in [0.1, 0.15) is 0 Å². The first-order chi connectivity index (χ1) is 19.7. The molecule has 3 aromatic rings. The number of esters is 2. The number of hydrogen-bond acceptors (Lipinski definition) is 8. The molecular formula is C33H33NO7. The summed E-state index contributed by atoms with van der Waals surface area (Å²) < 4.78 is 9.89. The Morgan fingerprint density at radius 3 is 2.02 bits per heavy atom. The van der Waals surface area contributed by atoms with Crippen LogP contribution in [0, 0.1) is 6.92 Å². The Hall–Kier alpha value is -4.59. The van der Waals surface area contributed by atoms with Crippen molar-refractivity contribution in [2.75, 3.05) is 20.8 Å². The number of benzene rings is 3. The van der Waals surface area contributed by atoms with Crippen molar-refractivity contribution in [2.24, 2.45) is 5.16 Å². The number of aryl methyl sites for hydroxylation is 1. The first-order valence-corrected chi connectivity index (χ1v) is 13.4. The van der Waals surface area contributed by atoms with Gasteiger partial charge in [-0.25, -0.2) is 0 Å². The summed E-state index contributed by atoms with van der Waals surface area (Å²) in [5.74, 6) is -1.33. The Bertz CT molecular complexity index is 1500. The number of Topliss-reactive ketones (excluding diaryl/α,β-unsaturated/α-hetero) is 2. The van der Waals surface area contributed by atoms with Crippen LogP contribution in [0.5, 0.6) is 0 Å². The third-order valence-corrected chi connectivity index (χ3v) is 7.54. The number of carbonyl (C=O) groups excluding carboxylic acids is 4. The molecule has 1 aliphatic carbocycles. The van der Waals surface area contributed by atoms with Crippen molar-refractivity contribution in [1.29, 1.82) is 0 Å². The molecule has 8 heteroatoms. The molecule has 1 aliphatic rings. The van der Waals surface area contributed by atoms with Crippen molar-refractivity contribution in [3.63, 3.8) is 0 Å². The number of oxime groups is 1. The molecule has 0 saturated heterocycles. The van der Waals surface area contributed by atoms with Gasteiger partial charge in [0, 0.05) is 29.4 Å². The molecule has 0 N–H and O–H groups in total. The molecule has 0 unspecified atom stereocenters. The van der Waals surface area contributed by atoms with E-state index in [-0.39, 0.29) is 48.7 Å². The van der Waals surface area contributed by atoms with Gasteiger partial charge in [-0.2, -0.15) is 0 Å². The van der Waals surface area contributed by atoms with Crippen molar-refractivity contribution in [2.45, 2.75) is 44.9 Å². The van der Waals surface area contributed by atoms with Crippen molar-refractivity contribution < 1.29 is 33.5 Å². The summed E-state index contributed by atoms with van der Waals surface area (Å²) in [6.07, 6.45) is 0.994. The molecule has 0 heterocycles. The summed E-state index contributed by atoms with van der Waals surface area (Å²) in [5.41, 5.74) is 4.84. The highest BCUT2D eigenvalue weighted by molar-refractivity contribution is 6.51. The number of hydrogen-bond donors (Lipinski definition) is 0. The Balaban J connectivity index is 1.85. The lowest BCUT2D eigenvalue weighted by atomic mass is 9.71. The molecule has 41 heavy (non-hydrogen) atoms. The molecule has 212 valence electrons. The van der Waals surface area contributed by atoms with Crippen LogP contribution in [0.2, 0.25) is 0 Å². The van der Waals surface area contributed by atoms with E-state index in [1.54, 1.807) is 18.2 Å². The van der Waals surface area contributed by atoms with Crippen LogP contribution in [0.25, 0.3) is 11.1 Å². The SMILES string of the molecule is COC(=O)CCC1(CCC(=O)OC)c2ccccc2-c2ccc(C(=O)/C(=N/OCC(C)=O)c3ccccc3C)cc21. The molecule has 0 aliphatic heterocycles. The number of fused-ring (bicyclic) bond motifs is 3. The van der Waals surface area contributed by atoms with Crippen LogP contribution in [0.1, 0.15) is 65.2 Å². The predicted molar refractivity (Wildman–Crippen MR) is 154 cm³/mol. The van der Waals surface area contributed by atoms with E-state index in [4.69, 9.17) is 14.3 Å². The minimum atomic E-state index is -0.740. The van der Waals surface area contributed by atoms with Gasteiger partial charge in [-0.3, -0.25) is 19.2 Å². The van der Waals surface area contributed by atoms with E-state index >= 15 is 0 Å². The molecule has 4 rings (SSSR count). The van der Waals surface area contributed by atoms with Crippen LogP contribution in [0.15, 0.2) is 71.9 Å². The quantitative estimate of drug-likeness (QED) is 0.128. The number of nitrogens with zero attached hydrogens (tertiary/aromatic N) is 1. The number of rotatable bonds is 12. The van der Waals surface area contributed by atoms with E-state index in [1.807, 2.05) is 55.5 Å². The fourth-order valence-electron chi connectivity index (χ4n) is 5.47. The normalized spacial score (nSPS) is 13.1. The van der Waals surface area contributed by atoms with Gasteiger partial charge < -0.3 is 14.3 Å². The third-order valence-electron chi connectivity index (χ3n) is 7.54. The summed E-state index contributed by atoms with van der Waals surface area (Å²) in [4.78, 5) is 55.4. The zero-order valence-electron chi connectivity index (χ0n) is 23.7. The lowest BCUT2D eigenvalue weighted by Gasteiger charge is -2.32. The van der Waals surface area contributed by atoms with Crippen molar-refractivity contribution in [1.82, 2.24) is 0 Å². The van der Waals surface area contributed by atoms with Gasteiger partial charge in [0.05, 0.1) is 14.2 Å². The second kappa shape index (κ2) is 12.7. The average Bonchev–Trinajstić information content (AvgIpc) is 3.26. The first-order valence-electron chi connectivity index (χ1n) is 13.4. The van der Waals surface area contributed by atoms with E-state index in [9.17, 15) is 19.2 Å². The number of methoxy groups -OCH3 is 2. The predicted octanol–water partition coefficient (Wildman–Crippen LogP) is 5.36. The average molecular weight is 556 g/mol. The topological polar surface area (TPSA) is 108 Å². The fraction of sp³-hybridized carbons (Fsp3) is 0.303. The molecule has 0 atom stereocenters. The van der Waals surface area contributed by atoms with Gasteiger partial charge in [0.15, 0.2) is 18.1 Å². The number of ketones is 2. The molecule has 0 bridgehead atoms. The molecule has 8 nitrogen and oxygen atoms in total.